The number of aromatic nitrogens is 2. The molecule has 2 heterocycles. The van der Waals surface area contributed by atoms with Gasteiger partial charge in [-0.05, 0) is 18.6 Å². The molecule has 1 aliphatic heterocycles. The molecule has 0 bridgehead atoms. The number of rotatable bonds is 3. The second-order valence-corrected chi connectivity index (χ2v) is 5.07. The molecule has 1 aliphatic rings. The number of ether oxygens (including phenoxy) is 2. The number of hydrogen-bond donors (Lipinski definition) is 2. The Kier molecular flexibility index (Phi) is 3.47. The molecule has 2 aromatic rings. The van der Waals surface area contributed by atoms with E-state index in [1.807, 2.05) is 6.92 Å². The lowest BCUT2D eigenvalue weighted by atomic mass is 10.1. The summed E-state index contributed by atoms with van der Waals surface area (Å²) in [6.45, 7) is 2.02. The topological polar surface area (TPSA) is 84.4 Å². The van der Waals surface area contributed by atoms with Crippen molar-refractivity contribution in [1.82, 2.24) is 9.97 Å². The van der Waals surface area contributed by atoms with Gasteiger partial charge in [-0.3, -0.25) is 4.79 Å². The number of aromatic hydroxyl groups is 1. The van der Waals surface area contributed by atoms with Gasteiger partial charge in [0.2, 0.25) is 12.7 Å². The first-order valence-corrected chi connectivity index (χ1v) is 6.89. The van der Waals surface area contributed by atoms with Gasteiger partial charge in [-0.2, -0.15) is 4.98 Å². The van der Waals surface area contributed by atoms with E-state index in [1.165, 1.54) is 0 Å². The van der Waals surface area contributed by atoms with Crippen LogP contribution in [0.4, 0.5) is 0 Å². The van der Waals surface area contributed by atoms with E-state index < -0.39 is 0 Å². The number of halogens is 1. The lowest BCUT2D eigenvalue weighted by Gasteiger charge is -2.07. The largest absolute Gasteiger partial charge is 0.493 e. The van der Waals surface area contributed by atoms with Gasteiger partial charge in [0.25, 0.3) is 5.56 Å². The minimum atomic E-state index is -0.354. The highest BCUT2D eigenvalue weighted by Crippen LogP contribution is 2.41. The zero-order valence-electron chi connectivity index (χ0n) is 11.3. The number of H-pyrrole nitrogens is 1. The minimum absolute atomic E-state index is 0.100. The van der Waals surface area contributed by atoms with Gasteiger partial charge in [-0.25, -0.2) is 0 Å². The van der Waals surface area contributed by atoms with Gasteiger partial charge in [0, 0.05) is 5.56 Å². The molecule has 3 rings (SSSR count). The van der Waals surface area contributed by atoms with Crippen LogP contribution in [-0.2, 0) is 6.42 Å². The Balaban J connectivity index is 2.09. The van der Waals surface area contributed by atoms with Crippen molar-refractivity contribution in [3.63, 3.8) is 0 Å². The number of fused-ring (bicyclic) bond motifs is 1. The van der Waals surface area contributed by atoms with Crippen molar-refractivity contribution in [1.29, 1.82) is 0 Å². The Morgan fingerprint density at radius 3 is 2.95 bits per heavy atom. The molecule has 0 saturated carbocycles. The summed E-state index contributed by atoms with van der Waals surface area (Å²) in [4.78, 5) is 18.7. The summed E-state index contributed by atoms with van der Waals surface area (Å²) in [6.07, 6.45) is 1.21. The van der Waals surface area contributed by atoms with Gasteiger partial charge < -0.3 is 19.6 Å². The predicted molar refractivity (Wildman–Crippen MR) is 77.1 cm³/mol. The van der Waals surface area contributed by atoms with Crippen molar-refractivity contribution in [2.45, 2.75) is 19.8 Å². The van der Waals surface area contributed by atoms with E-state index >= 15 is 0 Å². The van der Waals surface area contributed by atoms with Crippen molar-refractivity contribution in [3.05, 3.63) is 33.1 Å². The molecule has 0 spiro atoms. The molecule has 1 aromatic carbocycles. The molecule has 21 heavy (non-hydrogen) atoms. The highest BCUT2D eigenvalue weighted by molar-refractivity contribution is 6.32. The molecule has 0 atom stereocenters. The van der Waals surface area contributed by atoms with Gasteiger partial charge in [-0.15, -0.1) is 0 Å². The summed E-state index contributed by atoms with van der Waals surface area (Å²) in [5.74, 6) is 0.925. The van der Waals surface area contributed by atoms with Crippen LogP contribution in [-0.4, -0.2) is 21.9 Å². The first-order valence-electron chi connectivity index (χ1n) is 6.51. The van der Waals surface area contributed by atoms with E-state index in [2.05, 4.69) is 9.97 Å². The average molecular weight is 309 g/mol. The quantitative estimate of drug-likeness (QED) is 0.910. The van der Waals surface area contributed by atoms with Crippen LogP contribution in [0.3, 0.4) is 0 Å². The summed E-state index contributed by atoms with van der Waals surface area (Å²) in [5, 5.41) is 10.3. The smallest absolute Gasteiger partial charge is 0.258 e. The summed E-state index contributed by atoms with van der Waals surface area (Å²) >= 11 is 6.10. The van der Waals surface area contributed by atoms with E-state index in [0.29, 0.717) is 28.5 Å². The van der Waals surface area contributed by atoms with E-state index in [9.17, 15) is 9.90 Å². The minimum Gasteiger partial charge on any atom is -0.493 e. The maximum Gasteiger partial charge on any atom is 0.258 e. The molecule has 110 valence electrons. The van der Waals surface area contributed by atoms with Gasteiger partial charge >= 0.3 is 0 Å². The van der Waals surface area contributed by atoms with E-state index in [0.717, 1.165) is 6.42 Å². The Hall–Kier alpha value is -2.21. The summed E-state index contributed by atoms with van der Waals surface area (Å²) in [6, 6.07) is 3.26. The number of aromatic amines is 1. The van der Waals surface area contributed by atoms with Gasteiger partial charge in [0.15, 0.2) is 11.5 Å². The molecule has 7 heteroatoms. The van der Waals surface area contributed by atoms with Crippen LogP contribution in [0.1, 0.15) is 18.9 Å². The van der Waals surface area contributed by atoms with Crippen LogP contribution in [0.2, 0.25) is 5.02 Å². The zero-order valence-corrected chi connectivity index (χ0v) is 12.0. The third kappa shape index (κ3) is 2.42. The van der Waals surface area contributed by atoms with Crippen LogP contribution in [0, 0.1) is 0 Å². The normalized spacial score (nSPS) is 12.7. The van der Waals surface area contributed by atoms with Crippen LogP contribution < -0.4 is 15.0 Å². The van der Waals surface area contributed by atoms with E-state index in [-0.39, 0.29) is 29.6 Å². The SMILES string of the molecule is CCCc1c(O)nc(-c2cc(Cl)c3c(c2)OCO3)[nH]c1=O. The number of nitrogens with one attached hydrogen (secondary N) is 1. The van der Waals surface area contributed by atoms with Crippen molar-refractivity contribution in [3.8, 4) is 28.8 Å². The first kappa shape index (κ1) is 13.8. The van der Waals surface area contributed by atoms with Crippen LogP contribution in [0.25, 0.3) is 11.4 Å². The molecule has 0 saturated heterocycles. The zero-order chi connectivity index (χ0) is 15.0. The van der Waals surface area contributed by atoms with Crippen molar-refractivity contribution >= 4 is 11.6 Å². The monoisotopic (exact) mass is 308 g/mol. The molecule has 0 amide bonds. The van der Waals surface area contributed by atoms with Crippen molar-refractivity contribution in [2.75, 3.05) is 6.79 Å². The van der Waals surface area contributed by atoms with Gasteiger partial charge in [0.1, 0.15) is 5.82 Å². The van der Waals surface area contributed by atoms with Crippen LogP contribution >= 0.6 is 11.6 Å². The Bertz CT molecular complexity index is 757. The van der Waals surface area contributed by atoms with Gasteiger partial charge in [0.05, 0.1) is 10.6 Å². The fourth-order valence-corrected chi connectivity index (χ4v) is 2.47. The fraction of sp³-hybridized carbons (Fsp3) is 0.286. The molecule has 1 aromatic heterocycles. The lowest BCUT2D eigenvalue weighted by molar-refractivity contribution is 0.174. The summed E-state index contributed by atoms with van der Waals surface area (Å²) in [7, 11) is 0. The van der Waals surface area contributed by atoms with Crippen LogP contribution in [0.15, 0.2) is 16.9 Å². The lowest BCUT2D eigenvalue weighted by Crippen LogP contribution is -2.15. The molecule has 0 aliphatic carbocycles. The van der Waals surface area contributed by atoms with Crippen molar-refractivity contribution < 1.29 is 14.6 Å². The number of hydrogen-bond acceptors (Lipinski definition) is 5. The number of benzene rings is 1. The molecule has 0 radical (unpaired) electrons. The Morgan fingerprint density at radius 1 is 1.43 bits per heavy atom. The highest BCUT2D eigenvalue weighted by Gasteiger charge is 2.20. The number of nitrogens with zero attached hydrogens (tertiary/aromatic N) is 1. The summed E-state index contributed by atoms with van der Waals surface area (Å²) in [5.41, 5.74) is 0.473. The first-order chi connectivity index (χ1) is 10.1. The highest BCUT2D eigenvalue weighted by atomic mass is 35.5. The third-order valence-electron chi connectivity index (χ3n) is 3.19. The predicted octanol–water partition coefficient (Wildman–Crippen LogP) is 2.48. The Labute approximate surface area is 125 Å². The molecule has 0 unspecified atom stereocenters. The fourth-order valence-electron chi connectivity index (χ4n) is 2.20. The van der Waals surface area contributed by atoms with Gasteiger partial charge in [-0.1, -0.05) is 24.9 Å². The second-order valence-electron chi connectivity index (χ2n) is 4.66. The molecular weight excluding hydrogens is 296 g/mol. The van der Waals surface area contributed by atoms with Crippen molar-refractivity contribution in [2.24, 2.45) is 0 Å². The van der Waals surface area contributed by atoms with E-state index in [1.54, 1.807) is 12.1 Å². The molecule has 6 nitrogen and oxygen atoms in total. The Morgan fingerprint density at radius 2 is 2.24 bits per heavy atom. The molecular formula is C14H13ClN2O4. The standard InChI is InChI=1S/C14H13ClN2O4/c1-2-3-8-13(18)16-12(17-14(8)19)7-4-9(15)11-10(5-7)20-6-21-11/h4-5H,2-3,6H2,1H3,(H2,16,17,18,19). The maximum absolute atomic E-state index is 12.0. The van der Waals surface area contributed by atoms with E-state index in [4.69, 9.17) is 21.1 Å². The summed E-state index contributed by atoms with van der Waals surface area (Å²) < 4.78 is 10.5. The molecule has 2 N–H and O–H groups in total. The second kappa shape index (κ2) is 5.29. The molecule has 0 fully saturated rings. The average Bonchev–Trinajstić information content (AvgIpc) is 2.91. The van der Waals surface area contributed by atoms with Crippen LogP contribution in [0.5, 0.6) is 17.4 Å². The third-order valence-corrected chi connectivity index (χ3v) is 3.48. The maximum atomic E-state index is 12.0.